The first-order valence-electron chi connectivity index (χ1n) is 8.71. The zero-order valence-electron chi connectivity index (χ0n) is 15.9. The lowest BCUT2D eigenvalue weighted by Crippen LogP contribution is -2.36. The van der Waals surface area contributed by atoms with Crippen LogP contribution in [0.5, 0.6) is 5.88 Å². The van der Waals surface area contributed by atoms with Crippen LogP contribution in [0.3, 0.4) is 0 Å². The summed E-state index contributed by atoms with van der Waals surface area (Å²) in [7, 11) is 0. The van der Waals surface area contributed by atoms with Crippen molar-refractivity contribution in [1.82, 2.24) is 15.2 Å². The van der Waals surface area contributed by atoms with Crippen LogP contribution in [0, 0.1) is 0 Å². The van der Waals surface area contributed by atoms with E-state index in [-0.39, 0.29) is 5.91 Å². The van der Waals surface area contributed by atoms with Gasteiger partial charge in [-0.05, 0) is 42.8 Å². The Hall–Kier alpha value is -2.29. The van der Waals surface area contributed by atoms with Crippen molar-refractivity contribution in [2.24, 2.45) is 0 Å². The average Bonchev–Trinajstić information content (AvgIpc) is 2.87. The van der Waals surface area contributed by atoms with Gasteiger partial charge < -0.3 is 4.74 Å². The summed E-state index contributed by atoms with van der Waals surface area (Å²) in [5.74, 6) is 0.147. The highest BCUT2D eigenvalue weighted by atomic mass is 35.5. The number of hydrogen-bond donors (Lipinski definition) is 0. The number of hydrogen-bond acceptors (Lipinski definition) is 7. The number of amides is 1. The molecule has 0 spiro atoms. The molecule has 0 saturated heterocycles. The molecule has 6 nitrogen and oxygen atoms in total. The second-order valence-corrected chi connectivity index (χ2v) is 8.34. The molecule has 148 valence electrons. The average molecular weight is 445 g/mol. The molecule has 0 aliphatic carbocycles. The third-order valence-corrected chi connectivity index (χ3v) is 6.01. The summed E-state index contributed by atoms with van der Waals surface area (Å²) in [6.45, 7) is 1.51. The highest BCUT2D eigenvalue weighted by molar-refractivity contribution is 7.98. The standard InChI is InChI=1S/C20H17ClN4O2S2/c1-11(26)25-16-9-6-13(21)10-15(16)17-18(22-20(29-3)24-23-17)27-19(25)12-4-7-14(28-2)8-5-12/h4-10,19H,1-3H3/t19-/m0/s1. The summed E-state index contributed by atoms with van der Waals surface area (Å²) in [4.78, 5) is 20.0. The molecule has 0 N–H and O–H groups in total. The lowest BCUT2D eigenvalue weighted by Gasteiger charge is -2.30. The highest BCUT2D eigenvalue weighted by Crippen LogP contribution is 2.44. The van der Waals surface area contributed by atoms with E-state index in [0.717, 1.165) is 10.5 Å². The number of anilines is 1. The first kappa shape index (κ1) is 20.0. The van der Waals surface area contributed by atoms with E-state index < -0.39 is 6.23 Å². The molecule has 0 radical (unpaired) electrons. The van der Waals surface area contributed by atoms with E-state index in [9.17, 15) is 4.79 Å². The maximum Gasteiger partial charge on any atom is 0.247 e. The van der Waals surface area contributed by atoms with Crippen molar-refractivity contribution >= 4 is 46.7 Å². The van der Waals surface area contributed by atoms with E-state index in [4.69, 9.17) is 16.3 Å². The summed E-state index contributed by atoms with van der Waals surface area (Å²) >= 11 is 9.27. The minimum atomic E-state index is -0.698. The second kappa shape index (κ2) is 8.22. The molecule has 29 heavy (non-hydrogen) atoms. The molecule has 1 atom stereocenters. The first-order valence-corrected chi connectivity index (χ1v) is 11.5. The molecule has 0 fully saturated rings. The fourth-order valence-corrected chi connectivity index (χ4v) is 4.03. The van der Waals surface area contributed by atoms with E-state index in [2.05, 4.69) is 15.2 Å². The zero-order valence-corrected chi connectivity index (χ0v) is 18.3. The molecule has 1 aliphatic heterocycles. The predicted octanol–water partition coefficient (Wildman–Crippen LogP) is 5.08. The quantitative estimate of drug-likeness (QED) is 0.521. The minimum Gasteiger partial charge on any atom is -0.447 e. The number of ether oxygens (including phenoxy) is 1. The molecule has 9 heteroatoms. The van der Waals surface area contributed by atoms with Crippen LogP contribution in [0.4, 0.5) is 5.69 Å². The van der Waals surface area contributed by atoms with Gasteiger partial charge in [0.15, 0.2) is 5.69 Å². The van der Waals surface area contributed by atoms with Gasteiger partial charge in [-0.3, -0.25) is 9.69 Å². The summed E-state index contributed by atoms with van der Waals surface area (Å²) < 4.78 is 6.28. The second-order valence-electron chi connectivity index (χ2n) is 6.25. The number of halogens is 1. The van der Waals surface area contributed by atoms with E-state index in [1.807, 2.05) is 36.8 Å². The summed E-state index contributed by atoms with van der Waals surface area (Å²) in [6, 6.07) is 13.2. The van der Waals surface area contributed by atoms with Crippen LogP contribution < -0.4 is 9.64 Å². The zero-order chi connectivity index (χ0) is 20.5. The Bertz CT molecular complexity index is 1080. The Morgan fingerprint density at radius 1 is 1.10 bits per heavy atom. The Balaban J connectivity index is 1.95. The van der Waals surface area contributed by atoms with E-state index in [1.54, 1.807) is 34.9 Å². The molecule has 0 saturated carbocycles. The highest BCUT2D eigenvalue weighted by Gasteiger charge is 2.34. The number of nitrogens with zero attached hydrogens (tertiary/aromatic N) is 4. The van der Waals surface area contributed by atoms with Crippen molar-refractivity contribution in [3.05, 3.63) is 53.1 Å². The Labute approximate surface area is 182 Å². The molecule has 1 aromatic heterocycles. The number of carbonyl (C=O) groups is 1. The number of thioether (sulfide) groups is 2. The summed E-state index contributed by atoms with van der Waals surface area (Å²) in [5, 5.41) is 9.48. The molecular weight excluding hydrogens is 428 g/mol. The lowest BCUT2D eigenvalue weighted by atomic mass is 10.1. The van der Waals surface area contributed by atoms with Gasteiger partial charge in [-0.1, -0.05) is 35.5 Å². The van der Waals surface area contributed by atoms with E-state index in [0.29, 0.717) is 33.0 Å². The molecule has 3 aromatic rings. The maximum absolute atomic E-state index is 12.7. The van der Waals surface area contributed by atoms with Gasteiger partial charge in [-0.25, -0.2) is 0 Å². The van der Waals surface area contributed by atoms with Crippen LogP contribution in [0.1, 0.15) is 18.7 Å². The summed E-state index contributed by atoms with van der Waals surface area (Å²) in [6.07, 6.45) is 3.18. The van der Waals surface area contributed by atoms with E-state index in [1.165, 1.54) is 18.7 Å². The molecule has 0 bridgehead atoms. The number of aromatic nitrogens is 3. The maximum atomic E-state index is 12.7. The van der Waals surface area contributed by atoms with Crippen LogP contribution in [-0.4, -0.2) is 33.6 Å². The normalized spacial score (nSPS) is 15.2. The van der Waals surface area contributed by atoms with Crippen LogP contribution in [0.2, 0.25) is 5.02 Å². The third kappa shape index (κ3) is 3.80. The van der Waals surface area contributed by atoms with Crippen LogP contribution in [-0.2, 0) is 4.79 Å². The van der Waals surface area contributed by atoms with Crippen molar-refractivity contribution in [2.75, 3.05) is 17.4 Å². The van der Waals surface area contributed by atoms with Gasteiger partial charge in [0.1, 0.15) is 0 Å². The Kier molecular flexibility index (Phi) is 5.67. The number of fused-ring (bicyclic) bond motifs is 3. The van der Waals surface area contributed by atoms with Crippen molar-refractivity contribution in [1.29, 1.82) is 0 Å². The lowest BCUT2D eigenvalue weighted by molar-refractivity contribution is -0.118. The van der Waals surface area contributed by atoms with E-state index >= 15 is 0 Å². The Morgan fingerprint density at radius 3 is 2.52 bits per heavy atom. The molecule has 4 rings (SSSR count). The molecule has 1 amide bonds. The van der Waals surface area contributed by atoms with Gasteiger partial charge in [0.05, 0.1) is 5.69 Å². The van der Waals surface area contributed by atoms with Crippen LogP contribution in [0.25, 0.3) is 11.3 Å². The van der Waals surface area contributed by atoms with Gasteiger partial charge >= 0.3 is 0 Å². The predicted molar refractivity (Wildman–Crippen MR) is 117 cm³/mol. The van der Waals surface area contributed by atoms with Crippen molar-refractivity contribution in [2.45, 2.75) is 23.2 Å². The number of benzene rings is 2. The van der Waals surface area contributed by atoms with Gasteiger partial charge in [0.25, 0.3) is 0 Å². The molecule has 2 aromatic carbocycles. The largest absolute Gasteiger partial charge is 0.447 e. The fraction of sp³-hybridized carbons (Fsp3) is 0.200. The molecule has 1 aliphatic rings. The fourth-order valence-electron chi connectivity index (χ4n) is 3.15. The van der Waals surface area contributed by atoms with Gasteiger partial charge in [-0.15, -0.1) is 22.0 Å². The number of rotatable bonds is 3. The van der Waals surface area contributed by atoms with Crippen LogP contribution in [0.15, 0.2) is 52.5 Å². The van der Waals surface area contributed by atoms with Gasteiger partial charge in [0.2, 0.25) is 23.2 Å². The molecule has 0 unspecified atom stereocenters. The van der Waals surface area contributed by atoms with Crippen molar-refractivity contribution in [3.8, 4) is 17.1 Å². The smallest absolute Gasteiger partial charge is 0.247 e. The Morgan fingerprint density at radius 2 is 1.86 bits per heavy atom. The van der Waals surface area contributed by atoms with Crippen molar-refractivity contribution in [3.63, 3.8) is 0 Å². The van der Waals surface area contributed by atoms with Crippen LogP contribution >= 0.6 is 35.1 Å². The third-order valence-electron chi connectivity index (χ3n) is 4.49. The molecule has 2 heterocycles. The molecular formula is C20H17ClN4O2S2. The monoisotopic (exact) mass is 444 g/mol. The number of carbonyl (C=O) groups excluding carboxylic acids is 1. The SMILES string of the molecule is CSc1ccc([C@@H]2Oc3nc(SC)nnc3-c3cc(Cl)ccc3N2C(C)=O)cc1. The minimum absolute atomic E-state index is 0.168. The summed E-state index contributed by atoms with van der Waals surface area (Å²) in [5.41, 5.74) is 2.58. The van der Waals surface area contributed by atoms with Crippen molar-refractivity contribution < 1.29 is 9.53 Å². The topological polar surface area (TPSA) is 68.2 Å². The van der Waals surface area contributed by atoms with Gasteiger partial charge in [-0.2, -0.15) is 4.98 Å². The first-order chi connectivity index (χ1) is 14.0. The van der Waals surface area contributed by atoms with Gasteiger partial charge in [0, 0.05) is 28.0 Å².